The van der Waals surface area contributed by atoms with E-state index in [-0.39, 0.29) is 11.7 Å². The van der Waals surface area contributed by atoms with Crippen LogP contribution in [0.3, 0.4) is 0 Å². The Labute approximate surface area is 195 Å². The van der Waals surface area contributed by atoms with Crippen LogP contribution in [0.4, 0.5) is 0 Å². The molecule has 1 N–H and O–H groups in total. The molecule has 1 aliphatic heterocycles. The van der Waals surface area contributed by atoms with E-state index in [1.54, 1.807) is 37.2 Å². The van der Waals surface area contributed by atoms with Crippen molar-refractivity contribution < 1.29 is 19.3 Å². The molecule has 0 saturated carbocycles. The highest BCUT2D eigenvalue weighted by atomic mass is 16.5. The van der Waals surface area contributed by atoms with Gasteiger partial charge in [0.2, 0.25) is 5.88 Å². The number of hydrogen-bond acceptors (Lipinski definition) is 7. The maximum atomic E-state index is 10.0. The standard InChI is InChI=1S/C26H20N4O4/c1-32-18-8-3-15(4-9-18)22-20-12-7-17(31)13-21(20)34-26-23(22)25-28-24(29-30(25)14-27-26)16-5-10-19(33-2)11-6-16/h3-14,22,31H,1-2H3. The van der Waals surface area contributed by atoms with Crippen molar-refractivity contribution in [2.45, 2.75) is 5.92 Å². The first-order valence-electron chi connectivity index (χ1n) is 10.7. The molecule has 6 rings (SSSR count). The Bertz CT molecular complexity index is 1510. The van der Waals surface area contributed by atoms with Crippen molar-refractivity contribution in [3.8, 4) is 40.3 Å². The minimum absolute atomic E-state index is 0.126. The van der Waals surface area contributed by atoms with E-state index < -0.39 is 0 Å². The maximum absolute atomic E-state index is 10.0. The lowest BCUT2D eigenvalue weighted by Gasteiger charge is -2.28. The monoisotopic (exact) mass is 452 g/mol. The second-order valence-corrected chi connectivity index (χ2v) is 7.93. The molecule has 0 spiro atoms. The molecule has 3 aromatic carbocycles. The third-order valence-corrected chi connectivity index (χ3v) is 5.99. The zero-order valence-corrected chi connectivity index (χ0v) is 18.5. The molecular weight excluding hydrogens is 432 g/mol. The van der Waals surface area contributed by atoms with Crippen LogP contribution in [0.5, 0.6) is 28.9 Å². The molecule has 5 aromatic rings. The number of nitrogens with zero attached hydrogens (tertiary/aromatic N) is 4. The zero-order chi connectivity index (χ0) is 23.2. The van der Waals surface area contributed by atoms with Crippen molar-refractivity contribution in [2.75, 3.05) is 14.2 Å². The van der Waals surface area contributed by atoms with E-state index in [1.165, 1.54) is 0 Å². The average molecular weight is 452 g/mol. The lowest BCUT2D eigenvalue weighted by molar-refractivity contribution is 0.414. The molecule has 0 radical (unpaired) electrons. The molecule has 8 heteroatoms. The molecule has 1 aliphatic rings. The fourth-order valence-corrected chi connectivity index (χ4v) is 4.31. The molecule has 8 nitrogen and oxygen atoms in total. The summed E-state index contributed by atoms with van der Waals surface area (Å²) in [5, 5.41) is 14.7. The number of phenolic OH excluding ortho intramolecular Hbond substituents is 1. The molecule has 0 bridgehead atoms. The highest BCUT2D eigenvalue weighted by Gasteiger charge is 2.33. The van der Waals surface area contributed by atoms with Crippen LogP contribution in [0, 0.1) is 0 Å². The van der Waals surface area contributed by atoms with Crippen LogP contribution in [-0.4, -0.2) is 38.9 Å². The smallest absolute Gasteiger partial charge is 0.228 e. The number of phenols is 1. The maximum Gasteiger partial charge on any atom is 0.228 e. The topological polar surface area (TPSA) is 91.0 Å². The van der Waals surface area contributed by atoms with Gasteiger partial charge < -0.3 is 19.3 Å². The Morgan fingerprint density at radius 2 is 1.62 bits per heavy atom. The van der Waals surface area contributed by atoms with Crippen LogP contribution in [0.25, 0.3) is 17.0 Å². The van der Waals surface area contributed by atoms with Gasteiger partial charge in [-0.1, -0.05) is 18.2 Å². The third-order valence-electron chi connectivity index (χ3n) is 5.99. The summed E-state index contributed by atoms with van der Waals surface area (Å²) in [6.45, 7) is 0. The average Bonchev–Trinajstić information content (AvgIpc) is 3.32. The first kappa shape index (κ1) is 20.0. The van der Waals surface area contributed by atoms with Gasteiger partial charge in [0.05, 0.1) is 19.8 Å². The molecular formula is C26H20N4O4. The molecule has 0 amide bonds. The summed E-state index contributed by atoms with van der Waals surface area (Å²) in [6, 6.07) is 20.6. The van der Waals surface area contributed by atoms with E-state index in [0.717, 1.165) is 33.8 Å². The Morgan fingerprint density at radius 3 is 2.32 bits per heavy atom. The number of hydrogen-bond donors (Lipinski definition) is 1. The van der Waals surface area contributed by atoms with Crippen LogP contribution in [0.2, 0.25) is 0 Å². The zero-order valence-electron chi connectivity index (χ0n) is 18.5. The predicted octanol–water partition coefficient (Wildman–Crippen LogP) is 4.80. The molecule has 1 atom stereocenters. The van der Waals surface area contributed by atoms with Gasteiger partial charge in [-0.3, -0.25) is 0 Å². The lowest BCUT2D eigenvalue weighted by Crippen LogP contribution is -2.15. The van der Waals surface area contributed by atoms with Crippen molar-refractivity contribution in [2.24, 2.45) is 0 Å². The number of aromatic hydroxyl groups is 1. The highest BCUT2D eigenvalue weighted by Crippen LogP contribution is 2.48. The number of aromatic nitrogens is 4. The van der Waals surface area contributed by atoms with E-state index in [9.17, 15) is 5.11 Å². The van der Waals surface area contributed by atoms with Crippen molar-refractivity contribution >= 4 is 5.65 Å². The summed E-state index contributed by atoms with van der Waals surface area (Å²) < 4.78 is 18.4. The Balaban J connectivity index is 1.56. The molecule has 0 saturated heterocycles. The van der Waals surface area contributed by atoms with Crippen LogP contribution in [0.15, 0.2) is 73.1 Å². The van der Waals surface area contributed by atoms with Crippen molar-refractivity contribution in [3.05, 3.63) is 89.7 Å². The molecule has 0 fully saturated rings. The van der Waals surface area contributed by atoms with E-state index in [4.69, 9.17) is 19.2 Å². The van der Waals surface area contributed by atoms with E-state index in [0.29, 0.717) is 23.1 Å². The van der Waals surface area contributed by atoms with Gasteiger partial charge in [0.25, 0.3) is 0 Å². The number of rotatable bonds is 4. The fraction of sp³-hybridized carbons (Fsp3) is 0.115. The van der Waals surface area contributed by atoms with Gasteiger partial charge in [-0.25, -0.2) is 14.5 Å². The van der Waals surface area contributed by atoms with Gasteiger partial charge in [-0.15, -0.1) is 5.10 Å². The molecule has 0 aliphatic carbocycles. The van der Waals surface area contributed by atoms with Crippen molar-refractivity contribution in [1.29, 1.82) is 0 Å². The summed E-state index contributed by atoms with van der Waals surface area (Å²) in [5.74, 6) is 2.99. The summed E-state index contributed by atoms with van der Waals surface area (Å²) in [7, 11) is 3.27. The summed E-state index contributed by atoms with van der Waals surface area (Å²) in [6.07, 6.45) is 1.59. The summed E-state index contributed by atoms with van der Waals surface area (Å²) >= 11 is 0. The molecule has 3 heterocycles. The van der Waals surface area contributed by atoms with E-state index >= 15 is 0 Å². The predicted molar refractivity (Wildman–Crippen MR) is 125 cm³/mol. The summed E-state index contributed by atoms with van der Waals surface area (Å²) in [4.78, 5) is 9.40. The summed E-state index contributed by atoms with van der Waals surface area (Å²) in [5.41, 5.74) is 4.23. The van der Waals surface area contributed by atoms with Crippen LogP contribution in [-0.2, 0) is 0 Å². The second kappa shape index (κ2) is 7.77. The number of benzene rings is 3. The first-order chi connectivity index (χ1) is 16.6. The van der Waals surface area contributed by atoms with Gasteiger partial charge in [0, 0.05) is 23.1 Å². The molecule has 168 valence electrons. The minimum atomic E-state index is -0.227. The van der Waals surface area contributed by atoms with E-state index in [1.807, 2.05) is 54.6 Å². The SMILES string of the molecule is COc1ccc(-c2nc3c4c(ncn3n2)Oc2cc(O)ccc2C4c2ccc(OC)cc2)cc1. The van der Waals surface area contributed by atoms with Gasteiger partial charge in [0.1, 0.15) is 29.3 Å². The number of fused-ring (bicyclic) bond motifs is 4. The highest BCUT2D eigenvalue weighted by molar-refractivity contribution is 5.69. The lowest BCUT2D eigenvalue weighted by atomic mass is 9.84. The molecule has 1 unspecified atom stereocenters. The quantitative estimate of drug-likeness (QED) is 0.411. The first-order valence-corrected chi connectivity index (χ1v) is 10.7. The van der Waals surface area contributed by atoms with Crippen molar-refractivity contribution in [3.63, 3.8) is 0 Å². The largest absolute Gasteiger partial charge is 0.508 e. The van der Waals surface area contributed by atoms with Gasteiger partial charge in [-0.2, -0.15) is 0 Å². The van der Waals surface area contributed by atoms with Crippen LogP contribution in [0.1, 0.15) is 22.6 Å². The Morgan fingerprint density at radius 1 is 0.912 bits per heavy atom. The normalized spacial score (nSPS) is 14.2. The fourth-order valence-electron chi connectivity index (χ4n) is 4.31. The minimum Gasteiger partial charge on any atom is -0.508 e. The number of ether oxygens (including phenoxy) is 3. The van der Waals surface area contributed by atoms with E-state index in [2.05, 4.69) is 10.1 Å². The van der Waals surface area contributed by atoms with Crippen molar-refractivity contribution in [1.82, 2.24) is 19.6 Å². The van der Waals surface area contributed by atoms with Crippen LogP contribution >= 0.6 is 0 Å². The van der Waals surface area contributed by atoms with Gasteiger partial charge >= 0.3 is 0 Å². The van der Waals surface area contributed by atoms with Crippen LogP contribution < -0.4 is 14.2 Å². The Hall–Kier alpha value is -4.59. The molecule has 2 aromatic heterocycles. The van der Waals surface area contributed by atoms with Gasteiger partial charge in [-0.05, 0) is 48.0 Å². The number of methoxy groups -OCH3 is 2. The Kier molecular flexibility index (Phi) is 4.58. The molecule has 34 heavy (non-hydrogen) atoms. The second-order valence-electron chi connectivity index (χ2n) is 7.93. The van der Waals surface area contributed by atoms with Gasteiger partial charge in [0.15, 0.2) is 11.5 Å². The third kappa shape index (κ3) is 3.19.